The fraction of sp³-hybridized carbons (Fsp3) is 0.538. The van der Waals surface area contributed by atoms with Crippen LogP contribution in [-0.4, -0.2) is 30.8 Å². The quantitative estimate of drug-likeness (QED) is 0.454. The molecule has 0 unspecified atom stereocenters. The Hall–Kier alpha value is -0.806. The lowest BCUT2D eigenvalue weighted by Crippen LogP contribution is -2.41. The molecule has 0 saturated carbocycles. The second-order valence-corrected chi connectivity index (χ2v) is 15.8. The van der Waals surface area contributed by atoms with E-state index in [1.807, 2.05) is 32.7 Å². The maximum Gasteiger partial charge on any atom is 0.534 e. The van der Waals surface area contributed by atoms with E-state index < -0.39 is 32.5 Å². The number of para-hydroxylation sites is 1. The SMILES string of the molecule is C[Si](C)Cc1cccc([Si](C)(C)C)c1OS(=O)(=O)C(F)(F)F. The summed E-state index contributed by atoms with van der Waals surface area (Å²) >= 11 is 0. The third kappa shape index (κ3) is 4.59. The zero-order chi connectivity index (χ0) is 17.3. The first-order chi connectivity index (χ1) is 9.75. The molecule has 0 atom stereocenters. The van der Waals surface area contributed by atoms with E-state index >= 15 is 0 Å². The summed E-state index contributed by atoms with van der Waals surface area (Å²) in [5.41, 5.74) is -4.89. The van der Waals surface area contributed by atoms with Crippen LogP contribution in [0.15, 0.2) is 18.2 Å². The summed E-state index contributed by atoms with van der Waals surface area (Å²) in [6, 6.07) is 5.60. The minimum Gasteiger partial charge on any atom is -0.376 e. The summed E-state index contributed by atoms with van der Waals surface area (Å²) in [5.74, 6) is -0.120. The molecular formula is C13H20F3O3SSi2. The Morgan fingerprint density at radius 1 is 1.18 bits per heavy atom. The first-order valence-electron chi connectivity index (χ1n) is 6.68. The van der Waals surface area contributed by atoms with Crippen molar-refractivity contribution < 1.29 is 25.8 Å². The highest BCUT2D eigenvalue weighted by Crippen LogP contribution is 2.30. The van der Waals surface area contributed by atoms with Crippen LogP contribution < -0.4 is 9.37 Å². The Bertz CT molecular complexity index is 635. The molecule has 0 aliphatic carbocycles. The van der Waals surface area contributed by atoms with Gasteiger partial charge in [-0.05, 0) is 16.8 Å². The number of rotatable bonds is 5. The van der Waals surface area contributed by atoms with Crippen LogP contribution in [0, 0.1) is 0 Å². The van der Waals surface area contributed by atoms with Gasteiger partial charge in [-0.2, -0.15) is 21.6 Å². The molecule has 0 N–H and O–H groups in total. The van der Waals surface area contributed by atoms with Gasteiger partial charge in [0.2, 0.25) is 0 Å². The molecule has 0 bridgehead atoms. The number of alkyl halides is 3. The van der Waals surface area contributed by atoms with Crippen molar-refractivity contribution in [3.8, 4) is 5.75 Å². The summed E-state index contributed by atoms with van der Waals surface area (Å²) in [5, 5.41) is 0.584. The van der Waals surface area contributed by atoms with E-state index in [2.05, 4.69) is 4.18 Å². The number of hydrogen-bond donors (Lipinski definition) is 0. The Morgan fingerprint density at radius 3 is 2.14 bits per heavy atom. The molecule has 22 heavy (non-hydrogen) atoms. The van der Waals surface area contributed by atoms with Gasteiger partial charge >= 0.3 is 15.6 Å². The van der Waals surface area contributed by atoms with E-state index in [9.17, 15) is 21.6 Å². The van der Waals surface area contributed by atoms with E-state index in [1.54, 1.807) is 18.2 Å². The molecular weight excluding hydrogens is 349 g/mol. The fourth-order valence-electron chi connectivity index (χ4n) is 1.95. The molecule has 3 nitrogen and oxygen atoms in total. The number of halogens is 3. The van der Waals surface area contributed by atoms with Gasteiger partial charge in [-0.15, -0.1) is 0 Å². The maximum absolute atomic E-state index is 12.6. The van der Waals surface area contributed by atoms with Crippen molar-refractivity contribution in [2.75, 3.05) is 0 Å². The van der Waals surface area contributed by atoms with Gasteiger partial charge in [-0.1, -0.05) is 50.9 Å². The molecule has 0 fully saturated rings. The normalized spacial score (nSPS) is 13.5. The lowest BCUT2D eigenvalue weighted by Gasteiger charge is -2.23. The standard InChI is InChI=1S/C13H20F3O3SSi2/c1-21(2)9-10-7-6-8-11(22(3,4)5)12(10)19-20(17,18)13(14,15)16/h6-8H,9H2,1-5H3. The monoisotopic (exact) mass is 369 g/mol. The van der Waals surface area contributed by atoms with E-state index in [4.69, 9.17) is 0 Å². The average Bonchev–Trinajstić information content (AvgIpc) is 2.27. The first-order valence-corrected chi connectivity index (χ1v) is 14.3. The molecule has 0 aliphatic rings. The highest BCUT2D eigenvalue weighted by atomic mass is 32.2. The van der Waals surface area contributed by atoms with Crippen LogP contribution in [0.4, 0.5) is 13.2 Å². The van der Waals surface area contributed by atoms with Crippen molar-refractivity contribution in [2.24, 2.45) is 0 Å². The van der Waals surface area contributed by atoms with Gasteiger partial charge in [0.05, 0.1) is 8.07 Å². The zero-order valence-corrected chi connectivity index (χ0v) is 16.0. The Balaban J connectivity index is 3.48. The van der Waals surface area contributed by atoms with Crippen molar-refractivity contribution in [3.63, 3.8) is 0 Å². The van der Waals surface area contributed by atoms with Gasteiger partial charge in [0.25, 0.3) is 0 Å². The van der Waals surface area contributed by atoms with Crippen LogP contribution in [0.25, 0.3) is 0 Å². The van der Waals surface area contributed by atoms with Gasteiger partial charge in [-0.25, -0.2) is 0 Å². The Morgan fingerprint density at radius 2 is 1.73 bits per heavy atom. The molecule has 0 aromatic heterocycles. The third-order valence-electron chi connectivity index (χ3n) is 2.93. The highest BCUT2D eigenvalue weighted by Gasteiger charge is 2.49. The topological polar surface area (TPSA) is 43.4 Å². The van der Waals surface area contributed by atoms with Gasteiger partial charge < -0.3 is 4.18 Å². The Labute approximate surface area is 132 Å². The van der Waals surface area contributed by atoms with Gasteiger partial charge in [-0.3, -0.25) is 0 Å². The molecule has 1 radical (unpaired) electrons. The summed E-state index contributed by atoms with van der Waals surface area (Å²) in [7, 11) is -8.52. The van der Waals surface area contributed by atoms with Gasteiger partial charge in [0, 0.05) is 8.80 Å². The molecule has 0 aliphatic heterocycles. The predicted molar refractivity (Wildman–Crippen MR) is 86.2 cm³/mol. The van der Waals surface area contributed by atoms with Crippen molar-refractivity contribution in [1.82, 2.24) is 0 Å². The molecule has 1 aromatic rings. The van der Waals surface area contributed by atoms with E-state index in [0.717, 1.165) is 0 Å². The van der Waals surface area contributed by atoms with Gasteiger partial charge in [0.1, 0.15) is 5.75 Å². The van der Waals surface area contributed by atoms with Crippen LogP contribution in [0.5, 0.6) is 5.75 Å². The summed E-state index contributed by atoms with van der Waals surface area (Å²) in [6.07, 6.45) is 0. The molecule has 125 valence electrons. The van der Waals surface area contributed by atoms with Gasteiger partial charge in [0.15, 0.2) is 0 Å². The number of benzene rings is 1. The van der Waals surface area contributed by atoms with Crippen LogP contribution in [0.3, 0.4) is 0 Å². The first kappa shape index (κ1) is 19.2. The zero-order valence-electron chi connectivity index (χ0n) is 13.2. The predicted octanol–water partition coefficient (Wildman–Crippen LogP) is 3.30. The van der Waals surface area contributed by atoms with Crippen molar-refractivity contribution >= 4 is 32.2 Å². The molecule has 0 heterocycles. The molecule has 0 spiro atoms. The minimum absolute atomic E-state index is 0.120. The second kappa shape index (κ2) is 6.36. The van der Waals surface area contributed by atoms with Crippen molar-refractivity contribution in [3.05, 3.63) is 23.8 Å². The third-order valence-corrected chi connectivity index (χ3v) is 6.98. The van der Waals surface area contributed by atoms with Crippen LogP contribution in [-0.2, 0) is 16.2 Å². The largest absolute Gasteiger partial charge is 0.534 e. The fourth-order valence-corrected chi connectivity index (χ4v) is 5.06. The summed E-state index contributed by atoms with van der Waals surface area (Å²) in [4.78, 5) is 0. The summed E-state index contributed by atoms with van der Waals surface area (Å²) in [6.45, 7) is 9.82. The summed E-state index contributed by atoms with van der Waals surface area (Å²) < 4.78 is 65.3. The average molecular weight is 370 g/mol. The lowest BCUT2D eigenvalue weighted by molar-refractivity contribution is -0.0499. The number of hydrogen-bond acceptors (Lipinski definition) is 3. The van der Waals surface area contributed by atoms with E-state index in [-0.39, 0.29) is 5.75 Å². The molecule has 1 aromatic carbocycles. The van der Waals surface area contributed by atoms with E-state index in [0.29, 0.717) is 16.8 Å². The maximum atomic E-state index is 12.6. The molecule has 0 amide bonds. The smallest absolute Gasteiger partial charge is 0.376 e. The minimum atomic E-state index is -5.66. The van der Waals surface area contributed by atoms with Crippen molar-refractivity contribution in [2.45, 2.75) is 44.3 Å². The molecule has 0 saturated heterocycles. The molecule has 1 rings (SSSR count). The van der Waals surface area contributed by atoms with Crippen LogP contribution in [0.2, 0.25) is 32.7 Å². The second-order valence-electron chi connectivity index (χ2n) is 6.41. The van der Waals surface area contributed by atoms with Crippen LogP contribution in [0.1, 0.15) is 5.56 Å². The van der Waals surface area contributed by atoms with Crippen molar-refractivity contribution in [1.29, 1.82) is 0 Å². The van der Waals surface area contributed by atoms with E-state index in [1.165, 1.54) is 0 Å². The highest BCUT2D eigenvalue weighted by molar-refractivity contribution is 7.88. The Kier molecular flexibility index (Phi) is 5.56. The molecule has 9 heteroatoms. The lowest BCUT2D eigenvalue weighted by atomic mass is 10.2. The van der Waals surface area contributed by atoms with Crippen LogP contribution >= 0.6 is 0 Å².